The van der Waals surface area contributed by atoms with E-state index in [9.17, 15) is 13.2 Å². The summed E-state index contributed by atoms with van der Waals surface area (Å²) in [6, 6.07) is 6.40. The zero-order chi connectivity index (χ0) is 15.5. The first-order valence-corrected chi connectivity index (χ1v) is 7.46. The van der Waals surface area contributed by atoms with Crippen molar-refractivity contribution in [2.45, 2.75) is 45.0 Å². The highest BCUT2D eigenvalue weighted by atomic mass is 19.4. The number of alkyl halides is 3. The Kier molecular flexibility index (Phi) is 5.14. The smallest absolute Gasteiger partial charge is 0.406 e. The maximum Gasteiger partial charge on any atom is 0.573 e. The van der Waals surface area contributed by atoms with Crippen molar-refractivity contribution >= 4 is 0 Å². The van der Waals surface area contributed by atoms with Crippen LogP contribution in [0.5, 0.6) is 5.75 Å². The molecule has 1 aliphatic rings. The Hall–Kier alpha value is -1.23. The monoisotopic (exact) mass is 301 g/mol. The lowest BCUT2D eigenvalue weighted by molar-refractivity contribution is -0.274. The van der Waals surface area contributed by atoms with Crippen molar-refractivity contribution in [1.29, 1.82) is 0 Å². The number of nitrogens with one attached hydrogen (secondary N) is 1. The molecule has 1 N–H and O–H groups in total. The first kappa shape index (κ1) is 16.1. The summed E-state index contributed by atoms with van der Waals surface area (Å²) >= 11 is 0. The highest BCUT2D eigenvalue weighted by Crippen LogP contribution is 2.40. The fourth-order valence-electron chi connectivity index (χ4n) is 3.37. The highest BCUT2D eigenvalue weighted by molar-refractivity contribution is 5.31. The largest absolute Gasteiger partial charge is 0.573 e. The predicted octanol–water partition coefficient (Wildman–Crippen LogP) is 4.67. The van der Waals surface area contributed by atoms with Gasteiger partial charge < -0.3 is 10.1 Å². The molecule has 0 saturated heterocycles. The average molecular weight is 301 g/mol. The van der Waals surface area contributed by atoms with Crippen LogP contribution in [-0.2, 0) is 0 Å². The molecular weight excluding hydrogens is 279 g/mol. The van der Waals surface area contributed by atoms with Crippen LogP contribution in [0, 0.1) is 11.8 Å². The van der Waals surface area contributed by atoms with E-state index in [1.54, 1.807) is 6.07 Å². The standard InChI is InChI=1S/C16H22F3NO/c1-3-11-7-8-13(9-11)15(20-2)12-5-4-6-14(10-12)21-16(17,18)19/h4-6,10-11,13,15,20H,3,7-9H2,1-2H3. The predicted molar refractivity (Wildman–Crippen MR) is 76.0 cm³/mol. The van der Waals surface area contributed by atoms with Gasteiger partial charge in [0.1, 0.15) is 5.75 Å². The fraction of sp³-hybridized carbons (Fsp3) is 0.625. The van der Waals surface area contributed by atoms with Crippen LogP contribution in [0.2, 0.25) is 0 Å². The van der Waals surface area contributed by atoms with Gasteiger partial charge >= 0.3 is 6.36 Å². The Bertz CT molecular complexity index is 461. The normalized spacial score (nSPS) is 24.0. The SMILES string of the molecule is CCC1CCC(C(NC)c2cccc(OC(F)(F)F)c2)C1. The summed E-state index contributed by atoms with van der Waals surface area (Å²) in [6.45, 7) is 2.19. The van der Waals surface area contributed by atoms with Crippen LogP contribution < -0.4 is 10.1 Å². The van der Waals surface area contributed by atoms with Gasteiger partial charge in [0.15, 0.2) is 0 Å². The topological polar surface area (TPSA) is 21.3 Å². The number of rotatable bonds is 5. The fourth-order valence-corrected chi connectivity index (χ4v) is 3.37. The van der Waals surface area contributed by atoms with Gasteiger partial charge in [-0.2, -0.15) is 0 Å². The third-order valence-corrected chi connectivity index (χ3v) is 4.39. The number of hydrogen-bond acceptors (Lipinski definition) is 2. The van der Waals surface area contributed by atoms with Gasteiger partial charge in [0.2, 0.25) is 0 Å². The molecule has 118 valence electrons. The van der Waals surface area contributed by atoms with Crippen molar-refractivity contribution in [3.63, 3.8) is 0 Å². The minimum absolute atomic E-state index is 0.0818. The molecule has 1 aromatic carbocycles. The maximum atomic E-state index is 12.3. The second-order valence-corrected chi connectivity index (χ2v) is 5.73. The Balaban J connectivity index is 2.13. The van der Waals surface area contributed by atoms with E-state index in [1.165, 1.54) is 25.0 Å². The Morgan fingerprint density at radius 3 is 2.67 bits per heavy atom. The maximum absolute atomic E-state index is 12.3. The van der Waals surface area contributed by atoms with Crippen molar-refractivity contribution in [1.82, 2.24) is 5.32 Å². The molecule has 2 nitrogen and oxygen atoms in total. The molecule has 0 aromatic heterocycles. The van der Waals surface area contributed by atoms with Gasteiger partial charge in [-0.3, -0.25) is 0 Å². The van der Waals surface area contributed by atoms with E-state index in [2.05, 4.69) is 17.0 Å². The summed E-state index contributed by atoms with van der Waals surface area (Å²) in [6.07, 6.45) is -0.0165. The van der Waals surface area contributed by atoms with Crippen LogP contribution in [0.25, 0.3) is 0 Å². The lowest BCUT2D eigenvalue weighted by Gasteiger charge is -2.24. The summed E-state index contributed by atoms with van der Waals surface area (Å²) in [5.41, 5.74) is 0.862. The van der Waals surface area contributed by atoms with E-state index in [4.69, 9.17) is 0 Å². The lowest BCUT2D eigenvalue weighted by atomic mass is 9.90. The zero-order valence-corrected chi connectivity index (χ0v) is 12.4. The number of halogens is 3. The molecule has 21 heavy (non-hydrogen) atoms. The molecule has 0 aliphatic heterocycles. The Labute approximate surface area is 123 Å². The van der Waals surface area contributed by atoms with Crippen LogP contribution in [-0.4, -0.2) is 13.4 Å². The van der Waals surface area contributed by atoms with Crippen LogP contribution in [0.1, 0.15) is 44.2 Å². The molecule has 1 aromatic rings. The molecule has 1 saturated carbocycles. The van der Waals surface area contributed by atoms with Gasteiger partial charge in [-0.15, -0.1) is 13.2 Å². The van der Waals surface area contributed by atoms with Gasteiger partial charge in [-0.05, 0) is 49.4 Å². The van der Waals surface area contributed by atoms with Gasteiger partial charge in [0, 0.05) is 6.04 Å². The third kappa shape index (κ3) is 4.37. The lowest BCUT2D eigenvalue weighted by Crippen LogP contribution is -2.24. The van der Waals surface area contributed by atoms with E-state index < -0.39 is 6.36 Å². The van der Waals surface area contributed by atoms with Crippen LogP contribution in [0.15, 0.2) is 24.3 Å². The first-order valence-electron chi connectivity index (χ1n) is 7.46. The van der Waals surface area contributed by atoms with Crippen molar-refractivity contribution in [2.75, 3.05) is 7.05 Å². The second-order valence-electron chi connectivity index (χ2n) is 5.73. The Morgan fingerprint density at radius 2 is 2.10 bits per heavy atom. The molecule has 2 rings (SSSR count). The summed E-state index contributed by atoms with van der Waals surface area (Å²) in [7, 11) is 1.86. The molecule has 3 atom stereocenters. The molecule has 3 unspecified atom stereocenters. The van der Waals surface area contributed by atoms with E-state index in [1.807, 2.05) is 13.1 Å². The quantitative estimate of drug-likeness (QED) is 0.853. The van der Waals surface area contributed by atoms with E-state index >= 15 is 0 Å². The van der Waals surface area contributed by atoms with Crippen LogP contribution in [0.3, 0.4) is 0 Å². The molecule has 1 fully saturated rings. The molecule has 5 heteroatoms. The number of hydrogen-bond donors (Lipinski definition) is 1. The zero-order valence-electron chi connectivity index (χ0n) is 12.4. The number of benzene rings is 1. The number of ether oxygens (including phenoxy) is 1. The summed E-state index contributed by atoms with van der Waals surface area (Å²) in [5, 5.41) is 3.26. The molecule has 0 amide bonds. The highest BCUT2D eigenvalue weighted by Gasteiger charge is 2.33. The van der Waals surface area contributed by atoms with Gasteiger partial charge in [0.25, 0.3) is 0 Å². The van der Waals surface area contributed by atoms with Gasteiger partial charge in [-0.1, -0.05) is 31.9 Å². The molecule has 0 bridgehead atoms. The molecule has 1 aliphatic carbocycles. The molecule has 0 heterocycles. The van der Waals surface area contributed by atoms with Crippen molar-refractivity contribution in [3.05, 3.63) is 29.8 Å². The van der Waals surface area contributed by atoms with E-state index in [-0.39, 0.29) is 11.8 Å². The minimum Gasteiger partial charge on any atom is -0.406 e. The molecule has 0 radical (unpaired) electrons. The minimum atomic E-state index is -4.64. The van der Waals surface area contributed by atoms with Crippen LogP contribution in [0.4, 0.5) is 13.2 Å². The van der Waals surface area contributed by atoms with Gasteiger partial charge in [0.05, 0.1) is 0 Å². The van der Waals surface area contributed by atoms with Crippen LogP contribution >= 0.6 is 0 Å². The van der Waals surface area contributed by atoms with E-state index in [0.717, 1.165) is 24.3 Å². The summed E-state index contributed by atoms with van der Waals surface area (Å²) in [4.78, 5) is 0. The van der Waals surface area contributed by atoms with Crippen molar-refractivity contribution in [2.24, 2.45) is 11.8 Å². The molecule has 0 spiro atoms. The third-order valence-electron chi connectivity index (χ3n) is 4.39. The van der Waals surface area contributed by atoms with Crippen molar-refractivity contribution in [3.8, 4) is 5.75 Å². The second kappa shape index (κ2) is 6.69. The first-order chi connectivity index (χ1) is 9.93. The Morgan fingerprint density at radius 1 is 1.33 bits per heavy atom. The summed E-state index contributed by atoms with van der Waals surface area (Å²) < 4.78 is 41.0. The van der Waals surface area contributed by atoms with Gasteiger partial charge in [-0.25, -0.2) is 0 Å². The van der Waals surface area contributed by atoms with E-state index in [0.29, 0.717) is 5.92 Å². The molecular formula is C16H22F3NO. The average Bonchev–Trinajstić information content (AvgIpc) is 2.87. The summed E-state index contributed by atoms with van der Waals surface area (Å²) in [5.74, 6) is 1.06. The van der Waals surface area contributed by atoms with Crippen molar-refractivity contribution < 1.29 is 17.9 Å².